The lowest BCUT2D eigenvalue weighted by atomic mass is 10.2. The van der Waals surface area contributed by atoms with Crippen LogP contribution in [0, 0.1) is 11.3 Å². The van der Waals surface area contributed by atoms with Gasteiger partial charge >= 0.3 is 0 Å². The van der Waals surface area contributed by atoms with Gasteiger partial charge in [-0.05, 0) is 36.4 Å². The molecule has 28 heavy (non-hydrogen) atoms. The van der Waals surface area contributed by atoms with E-state index in [-0.39, 0.29) is 22.3 Å². The van der Waals surface area contributed by atoms with Crippen LogP contribution in [-0.4, -0.2) is 26.0 Å². The van der Waals surface area contributed by atoms with Crippen LogP contribution in [0.5, 0.6) is 0 Å². The Morgan fingerprint density at radius 2 is 1.96 bits per heavy atom. The van der Waals surface area contributed by atoms with Gasteiger partial charge in [-0.1, -0.05) is 35.5 Å². The summed E-state index contributed by atoms with van der Waals surface area (Å²) in [5.74, 6) is 0.383. The fourth-order valence-electron chi connectivity index (χ4n) is 2.39. The minimum atomic E-state index is -0.0854. The summed E-state index contributed by atoms with van der Waals surface area (Å²) in [7, 11) is 0. The van der Waals surface area contributed by atoms with Crippen molar-refractivity contribution in [3.05, 3.63) is 64.3 Å². The fourth-order valence-corrected chi connectivity index (χ4v) is 4.14. The van der Waals surface area contributed by atoms with E-state index in [0.717, 1.165) is 27.5 Å². The highest BCUT2D eigenvalue weighted by Crippen LogP contribution is 2.30. The van der Waals surface area contributed by atoms with Crippen molar-refractivity contribution < 1.29 is 9.52 Å². The molecule has 2 aromatic carbocycles. The van der Waals surface area contributed by atoms with E-state index in [1.807, 2.05) is 30.3 Å². The van der Waals surface area contributed by atoms with Crippen LogP contribution in [0.25, 0.3) is 27.2 Å². The predicted octanol–water partition coefficient (Wildman–Crippen LogP) is 5.58. The first-order chi connectivity index (χ1) is 13.6. The number of thioether (sulfide) groups is 1. The molecule has 2 aromatic heterocycles. The van der Waals surface area contributed by atoms with Crippen LogP contribution in [-0.2, 0) is 0 Å². The molecule has 0 aliphatic rings. The van der Waals surface area contributed by atoms with Crippen LogP contribution >= 0.6 is 34.7 Å². The van der Waals surface area contributed by atoms with Gasteiger partial charge < -0.3 is 9.52 Å². The number of aliphatic hydroxyl groups excluding tert-OH is 1. The van der Waals surface area contributed by atoms with Gasteiger partial charge in [0.05, 0.1) is 16.0 Å². The lowest BCUT2D eigenvalue weighted by Crippen LogP contribution is -1.92. The summed E-state index contributed by atoms with van der Waals surface area (Å²) in [6.45, 7) is 0. The number of benzene rings is 2. The van der Waals surface area contributed by atoms with Gasteiger partial charge in [-0.3, -0.25) is 0 Å². The summed E-state index contributed by atoms with van der Waals surface area (Å²) >= 11 is 8.38. The Bertz CT molecular complexity index is 1180. The quantitative estimate of drug-likeness (QED) is 0.252. The molecule has 0 saturated carbocycles. The summed E-state index contributed by atoms with van der Waals surface area (Å²) < 4.78 is 6.55. The number of hydrogen-bond donors (Lipinski definition) is 1. The number of fused-ring (bicyclic) bond motifs is 1. The van der Waals surface area contributed by atoms with E-state index in [0.29, 0.717) is 15.9 Å². The number of aliphatic hydroxyl groups is 1. The van der Waals surface area contributed by atoms with Crippen LogP contribution in [0.15, 0.2) is 63.9 Å². The molecule has 0 aliphatic heterocycles. The van der Waals surface area contributed by atoms with Crippen LogP contribution in [0.4, 0.5) is 0 Å². The van der Waals surface area contributed by atoms with Gasteiger partial charge in [0.1, 0.15) is 22.4 Å². The maximum Gasteiger partial charge on any atom is 0.277 e. The third-order valence-corrected chi connectivity index (χ3v) is 5.87. The number of nitrogens with zero attached hydrogens (tertiary/aromatic N) is 4. The van der Waals surface area contributed by atoms with Crippen molar-refractivity contribution in [3.63, 3.8) is 0 Å². The fraction of sp³-hybridized carbons (Fsp3) is 0.0526. The summed E-state index contributed by atoms with van der Waals surface area (Å²) in [5.41, 5.74) is 1.68. The maximum absolute atomic E-state index is 10.4. The van der Waals surface area contributed by atoms with Crippen LogP contribution < -0.4 is 0 Å². The van der Waals surface area contributed by atoms with Crippen molar-refractivity contribution in [1.29, 1.82) is 5.26 Å². The average Bonchev–Trinajstić information content (AvgIpc) is 3.34. The molecule has 0 radical (unpaired) electrons. The minimum absolute atomic E-state index is 0.0854. The second-order valence-electron chi connectivity index (χ2n) is 5.59. The third-order valence-electron chi connectivity index (χ3n) is 3.74. The lowest BCUT2D eigenvalue weighted by molar-refractivity contribution is 0.419. The smallest absolute Gasteiger partial charge is 0.277 e. The Morgan fingerprint density at radius 1 is 1.18 bits per heavy atom. The van der Waals surface area contributed by atoms with Gasteiger partial charge in [0.25, 0.3) is 5.22 Å². The molecule has 0 fully saturated rings. The second kappa shape index (κ2) is 8.02. The molecule has 138 valence electrons. The number of thiazole rings is 1. The zero-order valence-corrected chi connectivity index (χ0v) is 16.6. The van der Waals surface area contributed by atoms with Gasteiger partial charge in [0.15, 0.2) is 0 Å². The minimum Gasteiger partial charge on any atom is -0.510 e. The largest absolute Gasteiger partial charge is 0.510 e. The number of rotatable bonds is 5. The third kappa shape index (κ3) is 3.87. The van der Waals surface area contributed by atoms with Gasteiger partial charge in [0.2, 0.25) is 5.89 Å². The number of allylic oxidation sites excluding steroid dienone is 1. The zero-order chi connectivity index (χ0) is 19.5. The highest BCUT2D eigenvalue weighted by Gasteiger charge is 2.16. The molecule has 0 amide bonds. The molecule has 0 saturated heterocycles. The Morgan fingerprint density at radius 3 is 2.71 bits per heavy atom. The highest BCUT2D eigenvalue weighted by atomic mass is 35.5. The summed E-state index contributed by atoms with van der Waals surface area (Å²) in [4.78, 5) is 4.42. The van der Waals surface area contributed by atoms with E-state index in [4.69, 9.17) is 16.0 Å². The topological polar surface area (TPSA) is 95.8 Å². The number of nitriles is 1. The normalized spacial score (nSPS) is 12.0. The van der Waals surface area contributed by atoms with E-state index in [1.165, 1.54) is 11.3 Å². The number of halogens is 1. The molecule has 0 bridgehead atoms. The SMILES string of the molecule is N#C/C(=C(/O)CSc1nnc(-c2ccc(Cl)cc2)o1)c1nc2ccccc2s1. The monoisotopic (exact) mass is 426 g/mol. The first kappa shape index (κ1) is 18.5. The van der Waals surface area contributed by atoms with E-state index < -0.39 is 0 Å². The lowest BCUT2D eigenvalue weighted by Gasteiger charge is -1.99. The van der Waals surface area contributed by atoms with E-state index in [9.17, 15) is 10.4 Å². The summed E-state index contributed by atoms with van der Waals surface area (Å²) in [6.07, 6.45) is 0. The molecule has 2 heterocycles. The van der Waals surface area contributed by atoms with Crippen LogP contribution in [0.2, 0.25) is 5.02 Å². The standard InChI is InChI=1S/C19H11ClN4O2S2/c20-12-7-5-11(6-8-12)17-23-24-19(26-17)27-10-15(25)13(9-21)18-22-14-3-1-2-4-16(14)28-18/h1-8,25H,10H2/b15-13-. The van der Waals surface area contributed by atoms with E-state index in [2.05, 4.69) is 15.2 Å². The molecule has 0 atom stereocenters. The molecule has 9 heteroatoms. The van der Waals surface area contributed by atoms with Gasteiger partial charge in [-0.2, -0.15) is 5.26 Å². The van der Waals surface area contributed by atoms with Crippen molar-refractivity contribution in [2.45, 2.75) is 5.22 Å². The first-order valence-corrected chi connectivity index (χ1v) is 10.2. The van der Waals surface area contributed by atoms with Crippen LogP contribution in [0.1, 0.15) is 5.01 Å². The number of para-hydroxylation sites is 1. The predicted molar refractivity (Wildman–Crippen MR) is 110 cm³/mol. The molecular weight excluding hydrogens is 416 g/mol. The van der Waals surface area contributed by atoms with Crippen molar-refractivity contribution in [3.8, 4) is 17.5 Å². The van der Waals surface area contributed by atoms with Gasteiger partial charge in [-0.15, -0.1) is 21.5 Å². The van der Waals surface area contributed by atoms with Crippen molar-refractivity contribution >= 4 is 50.5 Å². The molecule has 0 unspecified atom stereocenters. The summed E-state index contributed by atoms with van der Waals surface area (Å²) in [6, 6.07) is 16.6. The highest BCUT2D eigenvalue weighted by molar-refractivity contribution is 7.99. The molecule has 0 spiro atoms. The Balaban J connectivity index is 1.51. The van der Waals surface area contributed by atoms with Crippen molar-refractivity contribution in [2.24, 2.45) is 0 Å². The molecule has 1 N–H and O–H groups in total. The van der Waals surface area contributed by atoms with Crippen molar-refractivity contribution in [2.75, 3.05) is 5.75 Å². The average molecular weight is 427 g/mol. The molecule has 4 rings (SSSR count). The second-order valence-corrected chi connectivity index (χ2v) is 7.98. The van der Waals surface area contributed by atoms with Gasteiger partial charge in [-0.25, -0.2) is 4.98 Å². The summed E-state index contributed by atoms with van der Waals surface area (Å²) in [5, 5.41) is 29.2. The Kier molecular flexibility index (Phi) is 5.30. The molecule has 0 aliphatic carbocycles. The zero-order valence-electron chi connectivity index (χ0n) is 14.2. The molecule has 6 nitrogen and oxygen atoms in total. The van der Waals surface area contributed by atoms with E-state index >= 15 is 0 Å². The molecule has 4 aromatic rings. The number of hydrogen-bond acceptors (Lipinski definition) is 8. The van der Waals surface area contributed by atoms with Crippen LogP contribution in [0.3, 0.4) is 0 Å². The Hall–Kier alpha value is -2.86. The van der Waals surface area contributed by atoms with E-state index in [1.54, 1.807) is 24.3 Å². The molecular formula is C19H11ClN4O2S2. The van der Waals surface area contributed by atoms with Crippen molar-refractivity contribution in [1.82, 2.24) is 15.2 Å². The first-order valence-electron chi connectivity index (χ1n) is 8.04. The maximum atomic E-state index is 10.4. The Labute approximate surface area is 173 Å². The number of aromatic nitrogens is 3. The van der Waals surface area contributed by atoms with Gasteiger partial charge in [0, 0.05) is 10.6 Å².